The molecule has 0 saturated carbocycles. The van der Waals surface area contributed by atoms with Crippen molar-refractivity contribution >= 4 is 16.0 Å². The summed E-state index contributed by atoms with van der Waals surface area (Å²) in [6.07, 6.45) is -0.975. The van der Waals surface area contributed by atoms with Gasteiger partial charge in [-0.25, -0.2) is 13.1 Å². The summed E-state index contributed by atoms with van der Waals surface area (Å²) in [5.41, 5.74) is 3.19. The van der Waals surface area contributed by atoms with E-state index < -0.39 is 22.1 Å². The molecule has 0 bridgehead atoms. The molecular formula is C16H22N2O4S. The molecule has 126 valence electrons. The third-order valence-electron chi connectivity index (χ3n) is 3.68. The molecule has 7 heteroatoms. The maximum atomic E-state index is 12.5. The van der Waals surface area contributed by atoms with Gasteiger partial charge in [0.25, 0.3) is 0 Å². The number of nitrogens with one attached hydrogen (secondary N) is 1. The van der Waals surface area contributed by atoms with Crippen LogP contribution in [0.5, 0.6) is 0 Å². The van der Waals surface area contributed by atoms with E-state index in [4.69, 9.17) is 10.00 Å². The summed E-state index contributed by atoms with van der Waals surface area (Å²) in [4.78, 5) is 11.7. The van der Waals surface area contributed by atoms with Crippen molar-refractivity contribution < 1.29 is 17.9 Å². The van der Waals surface area contributed by atoms with Crippen molar-refractivity contribution in [2.24, 2.45) is 0 Å². The highest BCUT2D eigenvalue weighted by Crippen LogP contribution is 2.25. The maximum absolute atomic E-state index is 12.5. The Morgan fingerprint density at radius 2 is 1.78 bits per heavy atom. The molecule has 6 nitrogen and oxygen atoms in total. The lowest BCUT2D eigenvalue weighted by molar-refractivity contribution is -0.145. The van der Waals surface area contributed by atoms with Crippen molar-refractivity contribution in [1.82, 2.24) is 4.72 Å². The van der Waals surface area contributed by atoms with Gasteiger partial charge in [-0.3, -0.25) is 4.79 Å². The molecule has 0 heterocycles. The van der Waals surface area contributed by atoms with Crippen LogP contribution in [0, 0.1) is 39.0 Å². The lowest BCUT2D eigenvalue weighted by atomic mass is 10.0. The number of nitrogens with zero attached hydrogens (tertiary/aromatic N) is 1. The summed E-state index contributed by atoms with van der Waals surface area (Å²) in [6.45, 7) is 8.62. The number of carbonyl (C=O) groups is 1. The van der Waals surface area contributed by atoms with Crippen LogP contribution < -0.4 is 4.72 Å². The number of benzene rings is 1. The van der Waals surface area contributed by atoms with Gasteiger partial charge in [0.15, 0.2) is 6.10 Å². The minimum absolute atomic E-state index is 0.0782. The van der Waals surface area contributed by atoms with E-state index in [1.54, 1.807) is 19.9 Å². The number of sulfonamides is 1. The van der Waals surface area contributed by atoms with Crippen molar-refractivity contribution in [3.63, 3.8) is 0 Å². The highest BCUT2D eigenvalue weighted by molar-refractivity contribution is 7.89. The Hall–Kier alpha value is -1.91. The van der Waals surface area contributed by atoms with Gasteiger partial charge < -0.3 is 4.74 Å². The number of esters is 1. The minimum Gasteiger partial charge on any atom is -0.447 e. The van der Waals surface area contributed by atoms with Crippen molar-refractivity contribution in [2.45, 2.75) is 52.0 Å². The fourth-order valence-electron chi connectivity index (χ4n) is 2.23. The Kier molecular flexibility index (Phi) is 6.30. The third-order valence-corrected chi connectivity index (χ3v) is 5.41. The first-order chi connectivity index (χ1) is 10.6. The monoisotopic (exact) mass is 338 g/mol. The van der Waals surface area contributed by atoms with Gasteiger partial charge in [-0.05, 0) is 56.9 Å². The first-order valence-electron chi connectivity index (χ1n) is 7.26. The Labute approximate surface area is 137 Å². The zero-order valence-electron chi connectivity index (χ0n) is 14.1. The Balaban J connectivity index is 2.87. The molecule has 0 aliphatic carbocycles. The van der Waals surface area contributed by atoms with Crippen LogP contribution in [0.3, 0.4) is 0 Å². The summed E-state index contributed by atoms with van der Waals surface area (Å²) in [5, 5.41) is 8.56. The smallest absolute Gasteiger partial charge is 0.308 e. The van der Waals surface area contributed by atoms with Crippen LogP contribution in [-0.2, 0) is 19.6 Å². The lowest BCUT2D eigenvalue weighted by Gasteiger charge is -2.16. The van der Waals surface area contributed by atoms with E-state index >= 15 is 0 Å². The maximum Gasteiger partial charge on any atom is 0.308 e. The molecule has 23 heavy (non-hydrogen) atoms. The molecule has 0 aliphatic heterocycles. The van der Waals surface area contributed by atoms with Crippen molar-refractivity contribution in [1.29, 1.82) is 5.26 Å². The number of nitriles is 1. The molecule has 1 rings (SSSR count). The summed E-state index contributed by atoms with van der Waals surface area (Å²) in [6, 6.07) is 3.72. The highest BCUT2D eigenvalue weighted by Gasteiger charge is 2.22. The lowest BCUT2D eigenvalue weighted by Crippen LogP contribution is -2.29. The fourth-order valence-corrected chi connectivity index (χ4v) is 3.87. The minimum atomic E-state index is -3.72. The fraction of sp³-hybridized carbons (Fsp3) is 0.500. The molecule has 0 saturated heterocycles. The van der Waals surface area contributed by atoms with E-state index in [1.807, 2.05) is 19.9 Å². The first-order valence-corrected chi connectivity index (χ1v) is 8.74. The van der Waals surface area contributed by atoms with Gasteiger partial charge in [0, 0.05) is 6.54 Å². The molecule has 0 aromatic heterocycles. The predicted molar refractivity (Wildman–Crippen MR) is 86.4 cm³/mol. The van der Waals surface area contributed by atoms with Crippen LogP contribution in [0.25, 0.3) is 0 Å². The molecule has 0 radical (unpaired) electrons. The van der Waals surface area contributed by atoms with Gasteiger partial charge in [0.2, 0.25) is 10.0 Å². The number of aryl methyl sites for hydroxylation is 2. The van der Waals surface area contributed by atoms with Gasteiger partial charge in [-0.15, -0.1) is 0 Å². The van der Waals surface area contributed by atoms with E-state index in [9.17, 15) is 13.2 Å². The Morgan fingerprint density at radius 3 is 2.26 bits per heavy atom. The largest absolute Gasteiger partial charge is 0.447 e. The number of hydrogen-bond donors (Lipinski definition) is 1. The molecule has 0 spiro atoms. The van der Waals surface area contributed by atoms with E-state index in [-0.39, 0.29) is 17.9 Å². The SMILES string of the molecule is Cc1cc(C)c(C)c(S(=O)(=O)NCCC(=O)O[C@H](C)C#N)c1C. The van der Waals surface area contributed by atoms with Gasteiger partial charge >= 0.3 is 5.97 Å². The van der Waals surface area contributed by atoms with Crippen molar-refractivity contribution in [2.75, 3.05) is 6.54 Å². The van der Waals surface area contributed by atoms with Crippen LogP contribution in [0.4, 0.5) is 0 Å². The van der Waals surface area contributed by atoms with Crippen LogP contribution >= 0.6 is 0 Å². The summed E-state index contributed by atoms with van der Waals surface area (Å²) < 4.78 is 32.2. The van der Waals surface area contributed by atoms with Crippen molar-refractivity contribution in [3.05, 3.63) is 28.3 Å². The molecule has 1 aromatic carbocycles. The van der Waals surface area contributed by atoms with Gasteiger partial charge in [0.05, 0.1) is 11.3 Å². The molecule has 0 aliphatic rings. The van der Waals surface area contributed by atoms with E-state index in [0.29, 0.717) is 11.1 Å². The third kappa shape index (κ3) is 4.78. The number of hydrogen-bond acceptors (Lipinski definition) is 5. The van der Waals surface area contributed by atoms with Gasteiger partial charge in [0.1, 0.15) is 6.07 Å². The first kappa shape index (κ1) is 19.1. The second kappa shape index (κ2) is 7.57. The zero-order chi connectivity index (χ0) is 17.8. The standard InChI is InChI=1S/C16H22N2O4S/c1-10-8-11(2)14(5)16(13(10)4)23(20,21)18-7-6-15(19)22-12(3)9-17/h8,12,18H,6-7H2,1-5H3/t12-/m1/s1. The molecule has 0 fully saturated rings. The van der Waals surface area contributed by atoms with Crippen LogP contribution in [0.1, 0.15) is 35.6 Å². The average molecular weight is 338 g/mol. The predicted octanol–water partition coefficient (Wildman–Crippen LogP) is 2.04. The molecule has 1 aromatic rings. The van der Waals surface area contributed by atoms with E-state index in [0.717, 1.165) is 11.1 Å². The summed E-state index contributed by atoms with van der Waals surface area (Å²) in [5.74, 6) is -0.615. The highest BCUT2D eigenvalue weighted by atomic mass is 32.2. The summed E-state index contributed by atoms with van der Waals surface area (Å²) in [7, 11) is -3.72. The molecule has 0 unspecified atom stereocenters. The second-order valence-corrected chi connectivity index (χ2v) is 7.20. The van der Waals surface area contributed by atoms with Crippen LogP contribution in [-0.4, -0.2) is 27.0 Å². The van der Waals surface area contributed by atoms with Crippen molar-refractivity contribution in [3.8, 4) is 6.07 Å². The average Bonchev–Trinajstić information content (AvgIpc) is 2.44. The van der Waals surface area contributed by atoms with Gasteiger partial charge in [-0.1, -0.05) is 6.07 Å². The topological polar surface area (TPSA) is 96.3 Å². The molecule has 0 amide bonds. The molecular weight excluding hydrogens is 316 g/mol. The van der Waals surface area contributed by atoms with E-state index in [1.165, 1.54) is 6.92 Å². The van der Waals surface area contributed by atoms with Crippen LogP contribution in [0.2, 0.25) is 0 Å². The zero-order valence-corrected chi connectivity index (χ0v) is 14.9. The van der Waals surface area contributed by atoms with Gasteiger partial charge in [-0.2, -0.15) is 5.26 Å². The van der Waals surface area contributed by atoms with Crippen LogP contribution in [0.15, 0.2) is 11.0 Å². The molecule has 1 atom stereocenters. The Morgan fingerprint density at radius 1 is 1.26 bits per heavy atom. The number of rotatable bonds is 6. The second-order valence-electron chi connectivity index (χ2n) is 5.50. The quantitative estimate of drug-likeness (QED) is 0.801. The molecule has 1 N–H and O–H groups in total. The number of carbonyl (C=O) groups excluding carboxylic acids is 1. The number of ether oxygens (including phenoxy) is 1. The van der Waals surface area contributed by atoms with E-state index in [2.05, 4.69) is 4.72 Å². The normalized spacial score (nSPS) is 12.5. The Bertz CT molecular complexity index is 722. The summed E-state index contributed by atoms with van der Waals surface area (Å²) >= 11 is 0.